The molecule has 0 spiro atoms. The average molecular weight is 343 g/mol. The molecule has 1 atom stereocenters. The van der Waals surface area contributed by atoms with Gasteiger partial charge in [-0.15, -0.1) is 0 Å². The summed E-state index contributed by atoms with van der Waals surface area (Å²) >= 11 is 3.14. The number of nitrogens with zero attached hydrogens (tertiary/aromatic N) is 2. The number of esters is 1. The lowest BCUT2D eigenvalue weighted by Gasteiger charge is -2.18. The molecule has 1 aromatic heterocycles. The second-order valence-electron chi connectivity index (χ2n) is 4.26. The van der Waals surface area contributed by atoms with E-state index in [2.05, 4.69) is 25.7 Å². The lowest BCUT2D eigenvalue weighted by molar-refractivity contribution is -0.141. The van der Waals surface area contributed by atoms with Gasteiger partial charge in [-0.2, -0.15) is 0 Å². The summed E-state index contributed by atoms with van der Waals surface area (Å²) in [6.45, 7) is 0.0154. The van der Waals surface area contributed by atoms with Crippen LogP contribution in [0.15, 0.2) is 16.9 Å². The first kappa shape index (κ1) is 14.4. The van der Waals surface area contributed by atoms with Gasteiger partial charge in [-0.1, -0.05) is 0 Å². The molecule has 1 unspecified atom stereocenters. The lowest BCUT2D eigenvalue weighted by Crippen LogP contribution is -2.28. The summed E-state index contributed by atoms with van der Waals surface area (Å²) < 4.78 is 5.08. The van der Waals surface area contributed by atoms with Crippen molar-refractivity contribution in [3.63, 3.8) is 0 Å². The van der Waals surface area contributed by atoms with Gasteiger partial charge in [-0.25, -0.2) is 9.78 Å². The zero-order valence-electron chi connectivity index (χ0n) is 10.5. The van der Waals surface area contributed by atoms with E-state index in [-0.39, 0.29) is 30.1 Å². The number of carbonyl (C=O) groups is 3. The number of rotatable bonds is 3. The summed E-state index contributed by atoms with van der Waals surface area (Å²) in [5.41, 5.74) is 0.419. The Balaban J connectivity index is 2.40. The standard InChI is InChI=1S/C12H11BrN2O5/c1-20-12(19)7-3-9(13)14-4-8(7)15-5-6(11(17)18)2-10(15)16/h3-4,6H,2,5H2,1H3,(H,17,18). The second kappa shape index (κ2) is 5.58. The number of methoxy groups -OCH3 is 1. The molecule has 106 valence electrons. The van der Waals surface area contributed by atoms with Crippen LogP contribution in [0.3, 0.4) is 0 Å². The van der Waals surface area contributed by atoms with Crippen molar-refractivity contribution in [2.24, 2.45) is 5.92 Å². The van der Waals surface area contributed by atoms with Crippen LogP contribution < -0.4 is 4.90 Å². The maximum absolute atomic E-state index is 11.9. The second-order valence-corrected chi connectivity index (χ2v) is 5.07. The molecule has 0 aromatic carbocycles. The molecule has 1 amide bonds. The fourth-order valence-corrected chi connectivity index (χ4v) is 2.35. The molecule has 0 saturated carbocycles. The zero-order chi connectivity index (χ0) is 14.9. The summed E-state index contributed by atoms with van der Waals surface area (Å²) in [5, 5.41) is 8.97. The number of pyridine rings is 1. The number of carboxylic acids is 1. The zero-order valence-corrected chi connectivity index (χ0v) is 12.1. The molecular weight excluding hydrogens is 332 g/mol. The third kappa shape index (κ3) is 2.64. The predicted molar refractivity (Wildman–Crippen MR) is 71.4 cm³/mol. The SMILES string of the molecule is COC(=O)c1cc(Br)ncc1N1CC(C(=O)O)CC1=O. The Morgan fingerprint density at radius 3 is 2.80 bits per heavy atom. The molecular formula is C12H11BrN2O5. The van der Waals surface area contributed by atoms with Crippen LogP contribution in [0.4, 0.5) is 5.69 Å². The summed E-state index contributed by atoms with van der Waals surface area (Å²) in [6, 6.07) is 1.43. The van der Waals surface area contributed by atoms with E-state index in [0.717, 1.165) is 0 Å². The van der Waals surface area contributed by atoms with Gasteiger partial charge in [0.15, 0.2) is 0 Å². The van der Waals surface area contributed by atoms with Gasteiger partial charge in [0.25, 0.3) is 0 Å². The predicted octanol–water partition coefficient (Wildman–Crippen LogP) is 1.07. The van der Waals surface area contributed by atoms with Crippen LogP contribution in [0.25, 0.3) is 0 Å². The Morgan fingerprint density at radius 2 is 2.25 bits per heavy atom. The summed E-state index contributed by atoms with van der Waals surface area (Å²) in [5.74, 6) is -2.79. The van der Waals surface area contributed by atoms with Crippen LogP contribution >= 0.6 is 15.9 Å². The molecule has 2 heterocycles. The van der Waals surface area contributed by atoms with Crippen molar-refractivity contribution >= 4 is 39.5 Å². The van der Waals surface area contributed by atoms with Crippen molar-refractivity contribution in [3.05, 3.63) is 22.4 Å². The molecule has 2 rings (SSSR count). The van der Waals surface area contributed by atoms with E-state index < -0.39 is 17.9 Å². The molecule has 7 nitrogen and oxygen atoms in total. The van der Waals surface area contributed by atoms with Gasteiger partial charge < -0.3 is 14.7 Å². The molecule has 0 aliphatic carbocycles. The minimum absolute atomic E-state index is 0.0154. The molecule has 1 aliphatic heterocycles. The molecule has 1 fully saturated rings. The first-order chi connectivity index (χ1) is 9.43. The first-order valence-electron chi connectivity index (χ1n) is 5.71. The summed E-state index contributed by atoms with van der Waals surface area (Å²) in [6.07, 6.45) is 1.25. The third-order valence-electron chi connectivity index (χ3n) is 3.02. The van der Waals surface area contributed by atoms with Crippen LogP contribution in [-0.4, -0.2) is 41.6 Å². The number of carboxylic acid groups (broad SMARTS) is 1. The van der Waals surface area contributed by atoms with Gasteiger partial charge in [-0.3, -0.25) is 9.59 Å². The highest BCUT2D eigenvalue weighted by atomic mass is 79.9. The van der Waals surface area contributed by atoms with Gasteiger partial charge in [0.1, 0.15) is 4.60 Å². The van der Waals surface area contributed by atoms with Crippen molar-refractivity contribution in [2.75, 3.05) is 18.6 Å². The third-order valence-corrected chi connectivity index (χ3v) is 3.45. The molecule has 1 N–H and O–H groups in total. The highest BCUT2D eigenvalue weighted by molar-refractivity contribution is 9.10. The van der Waals surface area contributed by atoms with Crippen LogP contribution in [0, 0.1) is 5.92 Å². The number of carbonyl (C=O) groups excluding carboxylic acids is 2. The Bertz CT molecular complexity index is 589. The van der Waals surface area contributed by atoms with Crippen molar-refractivity contribution in [2.45, 2.75) is 6.42 Å². The number of anilines is 1. The highest BCUT2D eigenvalue weighted by Gasteiger charge is 2.36. The molecule has 1 aromatic rings. The molecule has 20 heavy (non-hydrogen) atoms. The maximum Gasteiger partial charge on any atom is 0.340 e. The van der Waals surface area contributed by atoms with E-state index in [9.17, 15) is 14.4 Å². The van der Waals surface area contributed by atoms with E-state index in [1.54, 1.807) is 0 Å². The number of aromatic nitrogens is 1. The van der Waals surface area contributed by atoms with Crippen LogP contribution in [0.2, 0.25) is 0 Å². The number of ether oxygens (including phenoxy) is 1. The van der Waals surface area contributed by atoms with Crippen molar-refractivity contribution in [1.82, 2.24) is 4.98 Å². The van der Waals surface area contributed by atoms with Gasteiger partial charge in [0.2, 0.25) is 5.91 Å². The van der Waals surface area contributed by atoms with Crippen molar-refractivity contribution < 1.29 is 24.2 Å². The Kier molecular flexibility index (Phi) is 4.03. The highest BCUT2D eigenvalue weighted by Crippen LogP contribution is 2.29. The average Bonchev–Trinajstić information content (AvgIpc) is 2.80. The van der Waals surface area contributed by atoms with Gasteiger partial charge in [0.05, 0.1) is 30.5 Å². The Hall–Kier alpha value is -1.96. The summed E-state index contributed by atoms with van der Waals surface area (Å²) in [7, 11) is 1.23. The molecule has 1 saturated heterocycles. The molecule has 0 bridgehead atoms. The molecule has 0 radical (unpaired) electrons. The number of amides is 1. The van der Waals surface area contributed by atoms with Crippen LogP contribution in [-0.2, 0) is 14.3 Å². The largest absolute Gasteiger partial charge is 0.481 e. The van der Waals surface area contributed by atoms with E-state index >= 15 is 0 Å². The minimum Gasteiger partial charge on any atom is -0.481 e. The van der Waals surface area contributed by atoms with Crippen LogP contribution in [0.5, 0.6) is 0 Å². The monoisotopic (exact) mass is 342 g/mol. The van der Waals surface area contributed by atoms with Gasteiger partial charge in [-0.05, 0) is 22.0 Å². The summed E-state index contributed by atoms with van der Waals surface area (Å²) in [4.78, 5) is 39.8. The number of aliphatic carboxylic acids is 1. The van der Waals surface area contributed by atoms with E-state index in [1.165, 1.54) is 24.3 Å². The van der Waals surface area contributed by atoms with Crippen LogP contribution in [0.1, 0.15) is 16.8 Å². The van der Waals surface area contributed by atoms with Crippen molar-refractivity contribution in [1.29, 1.82) is 0 Å². The lowest BCUT2D eigenvalue weighted by atomic mass is 10.1. The number of halogens is 1. The quantitative estimate of drug-likeness (QED) is 0.651. The Morgan fingerprint density at radius 1 is 1.55 bits per heavy atom. The fraction of sp³-hybridized carbons (Fsp3) is 0.333. The van der Waals surface area contributed by atoms with Crippen molar-refractivity contribution in [3.8, 4) is 0 Å². The normalized spacial score (nSPS) is 18.2. The number of hydrogen-bond acceptors (Lipinski definition) is 5. The van der Waals surface area contributed by atoms with E-state index in [4.69, 9.17) is 5.11 Å². The smallest absolute Gasteiger partial charge is 0.340 e. The minimum atomic E-state index is -1.04. The Labute approximate surface area is 122 Å². The maximum atomic E-state index is 11.9. The van der Waals surface area contributed by atoms with E-state index in [1.807, 2.05) is 0 Å². The number of hydrogen-bond donors (Lipinski definition) is 1. The molecule has 1 aliphatic rings. The van der Waals surface area contributed by atoms with Gasteiger partial charge >= 0.3 is 11.9 Å². The first-order valence-corrected chi connectivity index (χ1v) is 6.50. The van der Waals surface area contributed by atoms with E-state index in [0.29, 0.717) is 4.60 Å². The van der Waals surface area contributed by atoms with Gasteiger partial charge in [0, 0.05) is 13.0 Å². The fourth-order valence-electron chi connectivity index (χ4n) is 2.02. The topological polar surface area (TPSA) is 96.8 Å². The molecule has 8 heteroatoms.